The largest absolute Gasteiger partial charge is 0.378 e. The van der Waals surface area contributed by atoms with Gasteiger partial charge in [0, 0.05) is 17.6 Å². The van der Waals surface area contributed by atoms with Gasteiger partial charge in [0.25, 0.3) is 0 Å². The van der Waals surface area contributed by atoms with Gasteiger partial charge in [-0.1, -0.05) is 35.4 Å². The lowest BCUT2D eigenvalue weighted by atomic mass is 10.1. The maximum Gasteiger partial charge on any atom is 0.142 e. The highest BCUT2D eigenvalue weighted by molar-refractivity contribution is 6.35. The lowest BCUT2D eigenvalue weighted by Gasteiger charge is -2.20. The second kappa shape index (κ2) is 5.83. The molecular formula is C12H12Cl2FNO. The van der Waals surface area contributed by atoms with Gasteiger partial charge in [-0.05, 0) is 17.7 Å². The smallest absolute Gasteiger partial charge is 0.142 e. The molecule has 1 aliphatic heterocycles. The maximum atomic E-state index is 13.3. The number of halogens is 3. The first-order valence-corrected chi connectivity index (χ1v) is 6.06. The summed E-state index contributed by atoms with van der Waals surface area (Å²) in [6.45, 7) is 2.16. The fraction of sp³-hybridized carbons (Fsp3) is 0.333. The van der Waals surface area contributed by atoms with E-state index in [0.717, 1.165) is 13.2 Å². The summed E-state index contributed by atoms with van der Waals surface area (Å²) < 4.78 is 18.6. The topological polar surface area (TPSA) is 21.3 Å². The summed E-state index contributed by atoms with van der Waals surface area (Å²) in [6, 6.07) is 2.87. The molecule has 1 saturated heterocycles. The van der Waals surface area contributed by atoms with E-state index in [1.54, 1.807) is 6.08 Å². The van der Waals surface area contributed by atoms with E-state index in [0.29, 0.717) is 17.2 Å². The summed E-state index contributed by atoms with van der Waals surface area (Å²) in [5.41, 5.74) is 0.612. The molecule has 2 nitrogen and oxygen atoms in total. The minimum atomic E-state index is -0.469. The van der Waals surface area contributed by atoms with Crippen molar-refractivity contribution in [3.05, 3.63) is 39.6 Å². The van der Waals surface area contributed by atoms with Gasteiger partial charge in [0.05, 0.1) is 18.2 Å². The summed E-state index contributed by atoms with van der Waals surface area (Å²) in [5, 5.41) is 3.73. The van der Waals surface area contributed by atoms with Gasteiger partial charge >= 0.3 is 0 Å². The second-order valence-electron chi connectivity index (χ2n) is 3.78. The zero-order valence-electron chi connectivity index (χ0n) is 9.05. The molecule has 1 fully saturated rings. The van der Waals surface area contributed by atoms with Gasteiger partial charge in [0.2, 0.25) is 0 Å². The number of morpholine rings is 1. The van der Waals surface area contributed by atoms with Crippen LogP contribution in [0.4, 0.5) is 4.39 Å². The first kappa shape index (κ1) is 12.8. The molecule has 0 bridgehead atoms. The molecule has 92 valence electrons. The average molecular weight is 276 g/mol. The summed E-state index contributed by atoms with van der Waals surface area (Å²) in [4.78, 5) is 0. The first-order valence-electron chi connectivity index (χ1n) is 5.30. The number of rotatable bonds is 2. The zero-order valence-corrected chi connectivity index (χ0v) is 10.6. The van der Waals surface area contributed by atoms with Gasteiger partial charge in [-0.3, -0.25) is 0 Å². The molecule has 2 rings (SSSR count). The fourth-order valence-corrected chi connectivity index (χ4v) is 2.04. The maximum absolute atomic E-state index is 13.3. The minimum absolute atomic E-state index is 0.0336. The lowest BCUT2D eigenvalue weighted by molar-refractivity contribution is 0.0903. The van der Waals surface area contributed by atoms with Gasteiger partial charge in [-0.15, -0.1) is 0 Å². The zero-order chi connectivity index (χ0) is 12.3. The van der Waals surface area contributed by atoms with Crippen molar-refractivity contribution < 1.29 is 9.13 Å². The SMILES string of the molecule is Fc1cc(/C=C/C2COCCN2)c(Cl)cc1Cl. The Kier molecular flexibility index (Phi) is 4.40. The molecular weight excluding hydrogens is 264 g/mol. The highest BCUT2D eigenvalue weighted by atomic mass is 35.5. The number of benzene rings is 1. The molecule has 1 unspecified atom stereocenters. The van der Waals surface area contributed by atoms with E-state index in [4.69, 9.17) is 27.9 Å². The Balaban J connectivity index is 2.12. The molecule has 0 radical (unpaired) electrons. The number of hydrogen-bond donors (Lipinski definition) is 1. The predicted molar refractivity (Wildman–Crippen MR) is 68.1 cm³/mol. The van der Waals surface area contributed by atoms with Crippen molar-refractivity contribution in [1.82, 2.24) is 5.32 Å². The third-order valence-corrected chi connectivity index (χ3v) is 3.12. The molecule has 0 aromatic heterocycles. The van der Waals surface area contributed by atoms with Crippen molar-refractivity contribution in [2.24, 2.45) is 0 Å². The summed E-state index contributed by atoms with van der Waals surface area (Å²) in [5.74, 6) is -0.469. The van der Waals surface area contributed by atoms with Crippen molar-refractivity contribution in [3.63, 3.8) is 0 Å². The van der Waals surface area contributed by atoms with Crippen LogP contribution in [0.3, 0.4) is 0 Å². The Hall–Kier alpha value is -0.610. The molecule has 0 aliphatic carbocycles. The molecule has 1 aromatic carbocycles. The molecule has 5 heteroatoms. The molecule has 1 N–H and O–H groups in total. The number of hydrogen-bond acceptors (Lipinski definition) is 2. The average Bonchev–Trinajstić information content (AvgIpc) is 2.33. The molecule has 0 amide bonds. The van der Waals surface area contributed by atoms with Crippen LogP contribution in [-0.4, -0.2) is 25.8 Å². The minimum Gasteiger partial charge on any atom is -0.378 e. The fourth-order valence-electron chi connectivity index (χ4n) is 1.59. The normalized spacial score (nSPS) is 21.0. The van der Waals surface area contributed by atoms with Crippen LogP contribution >= 0.6 is 23.2 Å². The van der Waals surface area contributed by atoms with E-state index in [1.807, 2.05) is 6.08 Å². The quantitative estimate of drug-likeness (QED) is 0.838. The Morgan fingerprint density at radius 3 is 2.88 bits per heavy atom. The van der Waals surface area contributed by atoms with Crippen LogP contribution in [0.5, 0.6) is 0 Å². The van der Waals surface area contributed by atoms with Crippen LogP contribution in [0, 0.1) is 5.82 Å². The Morgan fingerprint density at radius 1 is 1.35 bits per heavy atom. The molecule has 0 spiro atoms. The van der Waals surface area contributed by atoms with Gasteiger partial charge in [0.15, 0.2) is 0 Å². The van der Waals surface area contributed by atoms with Crippen LogP contribution in [0.1, 0.15) is 5.56 Å². The molecule has 17 heavy (non-hydrogen) atoms. The van der Waals surface area contributed by atoms with Crippen LogP contribution in [0.25, 0.3) is 6.08 Å². The molecule has 1 aliphatic rings. The molecule has 1 heterocycles. The van der Waals surface area contributed by atoms with Gasteiger partial charge in [-0.25, -0.2) is 4.39 Å². The van der Waals surface area contributed by atoms with E-state index in [-0.39, 0.29) is 11.1 Å². The number of nitrogens with one attached hydrogen (secondary N) is 1. The van der Waals surface area contributed by atoms with Crippen LogP contribution in [0.2, 0.25) is 10.0 Å². The van der Waals surface area contributed by atoms with Crippen LogP contribution < -0.4 is 5.32 Å². The van der Waals surface area contributed by atoms with Gasteiger partial charge < -0.3 is 10.1 Å². The van der Waals surface area contributed by atoms with Crippen molar-refractivity contribution in [3.8, 4) is 0 Å². The van der Waals surface area contributed by atoms with E-state index >= 15 is 0 Å². The van der Waals surface area contributed by atoms with Crippen molar-refractivity contribution >= 4 is 29.3 Å². The first-order chi connectivity index (χ1) is 8.16. The number of ether oxygens (including phenoxy) is 1. The highest BCUT2D eigenvalue weighted by Gasteiger charge is 2.10. The third-order valence-electron chi connectivity index (χ3n) is 2.50. The third kappa shape index (κ3) is 3.42. The van der Waals surface area contributed by atoms with Crippen LogP contribution in [0.15, 0.2) is 18.2 Å². The Bertz CT molecular complexity index is 431. The predicted octanol–water partition coefficient (Wildman–Crippen LogP) is 3.13. The van der Waals surface area contributed by atoms with E-state index in [2.05, 4.69) is 5.32 Å². The highest BCUT2D eigenvalue weighted by Crippen LogP contribution is 2.25. The summed E-state index contributed by atoms with van der Waals surface area (Å²) >= 11 is 11.6. The van der Waals surface area contributed by atoms with E-state index in [9.17, 15) is 4.39 Å². The van der Waals surface area contributed by atoms with E-state index < -0.39 is 5.82 Å². The monoisotopic (exact) mass is 275 g/mol. The van der Waals surface area contributed by atoms with Crippen molar-refractivity contribution in [2.75, 3.05) is 19.8 Å². The standard InChI is InChI=1S/C12H12Cl2FNO/c13-10-6-11(14)12(15)5-8(10)1-2-9-7-17-4-3-16-9/h1-2,5-6,9,16H,3-4,7H2/b2-1+. The van der Waals surface area contributed by atoms with Crippen molar-refractivity contribution in [2.45, 2.75) is 6.04 Å². The summed E-state index contributed by atoms with van der Waals surface area (Å²) in [6.07, 6.45) is 3.68. The second-order valence-corrected chi connectivity index (χ2v) is 4.60. The molecule has 1 atom stereocenters. The Labute approximate surface area is 109 Å². The Morgan fingerprint density at radius 2 is 2.18 bits per heavy atom. The molecule has 0 saturated carbocycles. The lowest BCUT2D eigenvalue weighted by Crippen LogP contribution is -2.39. The summed E-state index contributed by atoms with van der Waals surface area (Å²) in [7, 11) is 0. The van der Waals surface area contributed by atoms with Crippen LogP contribution in [-0.2, 0) is 4.74 Å². The van der Waals surface area contributed by atoms with E-state index in [1.165, 1.54) is 12.1 Å². The molecule has 1 aromatic rings. The van der Waals surface area contributed by atoms with Gasteiger partial charge in [0.1, 0.15) is 5.82 Å². The van der Waals surface area contributed by atoms with Gasteiger partial charge in [-0.2, -0.15) is 0 Å². The van der Waals surface area contributed by atoms with Crippen molar-refractivity contribution in [1.29, 1.82) is 0 Å².